The lowest BCUT2D eigenvalue weighted by atomic mass is 10.3. The van der Waals surface area contributed by atoms with Crippen molar-refractivity contribution in [2.75, 3.05) is 118 Å². The standard InChI is InChI=1S/C27H50N6O10/c1-2-3-5-28-23(34)4-15-42-17-18-43-16-6-29-24(35)19-30-7-9-31(20-25(36)37)11-13-33(22-27(40)41)14-12-32(10-8-30)21-26(38)39/h2-22H2,1H3,(H,28,34)(H,29,35)(H,36,37)(H,38,39)(H,40,41). The monoisotopic (exact) mass is 618 g/mol. The van der Waals surface area contributed by atoms with Gasteiger partial charge in [0.2, 0.25) is 11.8 Å². The minimum absolute atomic E-state index is 0.0381. The van der Waals surface area contributed by atoms with E-state index >= 15 is 0 Å². The molecule has 43 heavy (non-hydrogen) atoms. The van der Waals surface area contributed by atoms with E-state index in [0.29, 0.717) is 85.1 Å². The molecule has 248 valence electrons. The number of ether oxygens (including phenoxy) is 2. The van der Waals surface area contributed by atoms with Gasteiger partial charge in [-0.05, 0) is 6.42 Å². The first-order valence-corrected chi connectivity index (χ1v) is 14.8. The number of amides is 2. The fraction of sp³-hybridized carbons (Fsp3) is 0.815. The highest BCUT2D eigenvalue weighted by Crippen LogP contribution is 2.01. The van der Waals surface area contributed by atoms with Crippen molar-refractivity contribution in [3.8, 4) is 0 Å². The second-order valence-electron chi connectivity index (χ2n) is 10.3. The molecule has 0 spiro atoms. The topological polar surface area (TPSA) is 202 Å². The van der Waals surface area contributed by atoms with Gasteiger partial charge in [-0.2, -0.15) is 0 Å². The van der Waals surface area contributed by atoms with Crippen molar-refractivity contribution >= 4 is 29.7 Å². The van der Waals surface area contributed by atoms with E-state index in [0.717, 1.165) is 12.8 Å². The second kappa shape index (κ2) is 23.6. The molecule has 0 saturated carbocycles. The number of carboxylic acids is 3. The molecule has 5 N–H and O–H groups in total. The minimum atomic E-state index is -1.02. The number of carbonyl (C=O) groups excluding carboxylic acids is 2. The lowest BCUT2D eigenvalue weighted by molar-refractivity contribution is -0.140. The van der Waals surface area contributed by atoms with Crippen LogP contribution in [0, 0.1) is 0 Å². The van der Waals surface area contributed by atoms with Gasteiger partial charge >= 0.3 is 17.9 Å². The Kier molecular flexibility index (Phi) is 20.9. The van der Waals surface area contributed by atoms with Crippen molar-refractivity contribution in [2.45, 2.75) is 26.2 Å². The first-order valence-electron chi connectivity index (χ1n) is 14.8. The second-order valence-corrected chi connectivity index (χ2v) is 10.3. The average Bonchev–Trinajstić information content (AvgIpc) is 2.92. The third-order valence-electron chi connectivity index (χ3n) is 6.64. The summed E-state index contributed by atoms with van der Waals surface area (Å²) in [7, 11) is 0. The largest absolute Gasteiger partial charge is 0.480 e. The molecule has 1 fully saturated rings. The fourth-order valence-electron chi connectivity index (χ4n) is 4.29. The van der Waals surface area contributed by atoms with Gasteiger partial charge in [0.25, 0.3) is 0 Å². The maximum absolute atomic E-state index is 12.6. The van der Waals surface area contributed by atoms with Crippen LogP contribution in [-0.4, -0.2) is 183 Å². The van der Waals surface area contributed by atoms with E-state index in [9.17, 15) is 39.3 Å². The van der Waals surface area contributed by atoms with Crippen molar-refractivity contribution in [3.05, 3.63) is 0 Å². The van der Waals surface area contributed by atoms with Crippen LogP contribution in [-0.2, 0) is 33.4 Å². The lowest BCUT2D eigenvalue weighted by Crippen LogP contribution is -2.50. The van der Waals surface area contributed by atoms with Gasteiger partial charge in [-0.25, -0.2) is 0 Å². The van der Waals surface area contributed by atoms with Crippen LogP contribution in [0.2, 0.25) is 0 Å². The maximum atomic E-state index is 12.6. The van der Waals surface area contributed by atoms with Crippen LogP contribution in [0.15, 0.2) is 0 Å². The molecule has 0 aromatic rings. The number of rotatable bonds is 20. The molecule has 0 bridgehead atoms. The van der Waals surface area contributed by atoms with Crippen LogP contribution >= 0.6 is 0 Å². The Morgan fingerprint density at radius 3 is 1.37 bits per heavy atom. The summed E-state index contributed by atoms with van der Waals surface area (Å²) < 4.78 is 10.9. The average molecular weight is 619 g/mol. The summed E-state index contributed by atoms with van der Waals surface area (Å²) in [4.78, 5) is 65.3. The Labute approximate surface area is 253 Å². The SMILES string of the molecule is CCCCNC(=O)CCOCCOCCNC(=O)CN1CCN(CC(=O)O)CCN(CC(=O)O)CCN(CC(=O)O)CC1. The van der Waals surface area contributed by atoms with E-state index in [2.05, 4.69) is 17.6 Å². The van der Waals surface area contributed by atoms with Crippen molar-refractivity contribution < 1.29 is 48.8 Å². The molecule has 16 nitrogen and oxygen atoms in total. The smallest absolute Gasteiger partial charge is 0.317 e. The zero-order valence-electron chi connectivity index (χ0n) is 25.3. The summed E-state index contributed by atoms with van der Waals surface area (Å²) in [5.74, 6) is -3.32. The summed E-state index contributed by atoms with van der Waals surface area (Å²) in [6.45, 7) is 6.24. The fourth-order valence-corrected chi connectivity index (χ4v) is 4.29. The number of aliphatic carboxylic acids is 3. The molecule has 0 aromatic carbocycles. The Morgan fingerprint density at radius 1 is 0.558 bits per heavy atom. The number of hydrogen-bond donors (Lipinski definition) is 5. The zero-order valence-corrected chi connectivity index (χ0v) is 25.3. The number of nitrogens with zero attached hydrogens (tertiary/aromatic N) is 4. The van der Waals surface area contributed by atoms with Crippen molar-refractivity contribution in [1.82, 2.24) is 30.2 Å². The van der Waals surface area contributed by atoms with E-state index in [1.165, 1.54) is 0 Å². The van der Waals surface area contributed by atoms with Crippen molar-refractivity contribution in [1.29, 1.82) is 0 Å². The number of carbonyl (C=O) groups is 5. The Bertz CT molecular complexity index is 817. The summed E-state index contributed by atoms with van der Waals surface area (Å²) in [6.07, 6.45) is 2.26. The first kappa shape index (κ1) is 38.1. The molecular formula is C27H50N6O10. The summed E-state index contributed by atoms with van der Waals surface area (Å²) in [6, 6.07) is 0. The van der Waals surface area contributed by atoms with Crippen molar-refractivity contribution in [3.63, 3.8) is 0 Å². The van der Waals surface area contributed by atoms with Gasteiger partial charge in [0, 0.05) is 71.9 Å². The molecule has 1 rings (SSSR count). The maximum Gasteiger partial charge on any atom is 0.317 e. The Hall–Kier alpha value is -2.89. The highest BCUT2D eigenvalue weighted by Gasteiger charge is 2.21. The van der Waals surface area contributed by atoms with Crippen LogP contribution in [0.4, 0.5) is 0 Å². The molecule has 16 heteroatoms. The van der Waals surface area contributed by atoms with Crippen LogP contribution in [0.25, 0.3) is 0 Å². The lowest BCUT2D eigenvalue weighted by Gasteiger charge is -2.32. The molecule has 0 unspecified atom stereocenters. The highest BCUT2D eigenvalue weighted by molar-refractivity contribution is 5.78. The van der Waals surface area contributed by atoms with Gasteiger partial charge in [-0.1, -0.05) is 13.3 Å². The molecule has 0 atom stereocenters. The van der Waals surface area contributed by atoms with Gasteiger partial charge in [0.15, 0.2) is 0 Å². The van der Waals surface area contributed by atoms with Crippen LogP contribution < -0.4 is 10.6 Å². The highest BCUT2D eigenvalue weighted by atomic mass is 16.5. The van der Waals surface area contributed by atoms with Gasteiger partial charge in [-0.15, -0.1) is 0 Å². The van der Waals surface area contributed by atoms with Gasteiger partial charge in [-0.3, -0.25) is 43.6 Å². The molecule has 0 radical (unpaired) electrons. The predicted octanol–water partition coefficient (Wildman–Crippen LogP) is -2.08. The van der Waals surface area contributed by atoms with Gasteiger partial charge in [0.1, 0.15) is 0 Å². The molecule has 0 aliphatic carbocycles. The number of unbranched alkanes of at least 4 members (excludes halogenated alkanes) is 1. The normalized spacial score (nSPS) is 16.6. The molecule has 1 aliphatic rings. The summed E-state index contributed by atoms with van der Waals surface area (Å²) >= 11 is 0. The van der Waals surface area contributed by atoms with Crippen LogP contribution in [0.3, 0.4) is 0 Å². The quantitative estimate of drug-likeness (QED) is 0.0931. The molecule has 2 amide bonds. The molecule has 1 heterocycles. The van der Waals surface area contributed by atoms with Crippen LogP contribution in [0.1, 0.15) is 26.2 Å². The number of carboxylic acid groups (broad SMARTS) is 3. The Balaban J connectivity index is 2.50. The van der Waals surface area contributed by atoms with E-state index in [1.807, 2.05) is 4.90 Å². The Morgan fingerprint density at radius 2 is 0.953 bits per heavy atom. The van der Waals surface area contributed by atoms with E-state index in [-0.39, 0.29) is 51.1 Å². The number of hydrogen-bond acceptors (Lipinski definition) is 11. The molecule has 0 aromatic heterocycles. The number of nitrogens with one attached hydrogen (secondary N) is 2. The predicted molar refractivity (Wildman–Crippen MR) is 156 cm³/mol. The first-order chi connectivity index (χ1) is 20.6. The van der Waals surface area contributed by atoms with E-state index in [4.69, 9.17) is 9.47 Å². The summed E-state index contributed by atoms with van der Waals surface area (Å²) in [5.41, 5.74) is 0. The molecule has 1 saturated heterocycles. The molecular weight excluding hydrogens is 568 g/mol. The minimum Gasteiger partial charge on any atom is -0.480 e. The van der Waals surface area contributed by atoms with Crippen LogP contribution in [0.5, 0.6) is 0 Å². The zero-order chi connectivity index (χ0) is 31.9. The van der Waals surface area contributed by atoms with Gasteiger partial charge in [0.05, 0.1) is 52.6 Å². The third-order valence-corrected chi connectivity index (χ3v) is 6.64. The third kappa shape index (κ3) is 21.4. The van der Waals surface area contributed by atoms with Gasteiger partial charge < -0.3 is 35.4 Å². The summed E-state index contributed by atoms with van der Waals surface area (Å²) in [5, 5.41) is 33.5. The van der Waals surface area contributed by atoms with E-state index in [1.54, 1.807) is 14.7 Å². The van der Waals surface area contributed by atoms with Crippen molar-refractivity contribution in [2.24, 2.45) is 0 Å². The van der Waals surface area contributed by atoms with E-state index < -0.39 is 17.9 Å². The molecule has 1 aliphatic heterocycles.